The number of hydrogen-bond acceptors (Lipinski definition) is 6. The molecule has 6 nitrogen and oxygen atoms in total. The van der Waals surface area contributed by atoms with Crippen LogP contribution in [0.2, 0.25) is 0 Å². The van der Waals surface area contributed by atoms with Gasteiger partial charge < -0.3 is 10.0 Å². The van der Waals surface area contributed by atoms with Gasteiger partial charge >= 0.3 is 5.97 Å². The summed E-state index contributed by atoms with van der Waals surface area (Å²) in [5, 5.41) is 20.1. The fourth-order valence-electron chi connectivity index (χ4n) is 4.92. The molecule has 1 saturated heterocycles. The minimum atomic E-state index is -0.663. The summed E-state index contributed by atoms with van der Waals surface area (Å²) in [7, 11) is 0. The van der Waals surface area contributed by atoms with Crippen molar-refractivity contribution >= 4 is 23.0 Å². The zero-order valence-electron chi connectivity index (χ0n) is 18.8. The van der Waals surface area contributed by atoms with Gasteiger partial charge in [0.05, 0.1) is 5.92 Å². The van der Waals surface area contributed by atoms with Gasteiger partial charge in [0, 0.05) is 49.9 Å². The second-order valence-corrected chi connectivity index (χ2v) is 10.1. The molecule has 1 aromatic heterocycles. The van der Waals surface area contributed by atoms with Crippen molar-refractivity contribution in [1.82, 2.24) is 15.1 Å². The molecule has 3 aromatic rings. The molecule has 0 radical (unpaired) electrons. The minimum Gasteiger partial charge on any atom is -0.481 e. The average Bonchev–Trinajstić information content (AvgIpc) is 3.36. The fourth-order valence-corrected chi connectivity index (χ4v) is 5.94. The SMILES string of the molecule is O=C(O)C1CCC(c2nnc(-c3ccc(N4CCN(Cc5ccccc5)CC4)cc3)s2)CC1. The maximum absolute atomic E-state index is 11.2. The number of rotatable bonds is 6. The Morgan fingerprint density at radius 3 is 2.27 bits per heavy atom. The monoisotopic (exact) mass is 462 g/mol. The number of nitrogens with zero attached hydrogens (tertiary/aromatic N) is 4. The van der Waals surface area contributed by atoms with E-state index in [0.29, 0.717) is 5.92 Å². The average molecular weight is 463 g/mol. The van der Waals surface area contributed by atoms with Crippen molar-refractivity contribution in [3.05, 3.63) is 65.2 Å². The summed E-state index contributed by atoms with van der Waals surface area (Å²) in [5.41, 5.74) is 3.74. The molecule has 1 saturated carbocycles. The van der Waals surface area contributed by atoms with Gasteiger partial charge in [-0.2, -0.15) is 0 Å². The standard InChI is InChI=1S/C26H30N4O2S/c31-26(32)22-8-6-20(7-9-22)24-27-28-25(33-24)21-10-12-23(13-11-21)30-16-14-29(15-17-30)18-19-4-2-1-3-5-19/h1-5,10-13,20,22H,6-9,14-18H2,(H,31,32). The van der Waals surface area contributed by atoms with Gasteiger partial charge in [0.2, 0.25) is 0 Å². The molecule has 0 spiro atoms. The maximum Gasteiger partial charge on any atom is 0.306 e. The van der Waals surface area contributed by atoms with Crippen LogP contribution >= 0.6 is 11.3 Å². The zero-order chi connectivity index (χ0) is 22.6. The van der Waals surface area contributed by atoms with E-state index in [1.807, 2.05) is 0 Å². The van der Waals surface area contributed by atoms with E-state index in [-0.39, 0.29) is 5.92 Å². The Labute approximate surface area is 198 Å². The first-order chi connectivity index (χ1) is 16.2. The lowest BCUT2D eigenvalue weighted by atomic mass is 9.82. The van der Waals surface area contributed by atoms with Crippen LogP contribution in [0.4, 0.5) is 5.69 Å². The van der Waals surface area contributed by atoms with Crippen molar-refractivity contribution in [1.29, 1.82) is 0 Å². The third-order valence-electron chi connectivity index (χ3n) is 6.97. The fraction of sp³-hybridized carbons (Fsp3) is 0.423. The molecular weight excluding hydrogens is 432 g/mol. The van der Waals surface area contributed by atoms with E-state index in [2.05, 4.69) is 74.6 Å². The highest BCUT2D eigenvalue weighted by Crippen LogP contribution is 2.38. The molecule has 0 amide bonds. The molecule has 0 unspecified atom stereocenters. The number of piperazine rings is 1. The number of aliphatic carboxylic acids is 1. The number of carboxylic acids is 1. The smallest absolute Gasteiger partial charge is 0.306 e. The number of carboxylic acid groups (broad SMARTS) is 1. The molecule has 33 heavy (non-hydrogen) atoms. The lowest BCUT2D eigenvalue weighted by molar-refractivity contribution is -0.142. The van der Waals surface area contributed by atoms with Crippen LogP contribution in [0.25, 0.3) is 10.6 Å². The van der Waals surface area contributed by atoms with E-state index in [4.69, 9.17) is 0 Å². The molecule has 2 fully saturated rings. The highest BCUT2D eigenvalue weighted by atomic mass is 32.1. The molecular formula is C26H30N4O2S. The quantitative estimate of drug-likeness (QED) is 0.563. The second-order valence-electron chi connectivity index (χ2n) is 9.13. The van der Waals surface area contributed by atoms with Crippen LogP contribution in [0.1, 0.15) is 42.2 Å². The van der Waals surface area contributed by atoms with Gasteiger partial charge in [-0.15, -0.1) is 10.2 Å². The lowest BCUT2D eigenvalue weighted by Gasteiger charge is -2.36. The molecule has 5 rings (SSSR count). The van der Waals surface area contributed by atoms with E-state index >= 15 is 0 Å². The molecule has 1 N–H and O–H groups in total. The summed E-state index contributed by atoms with van der Waals surface area (Å²) in [5.74, 6) is -0.510. The van der Waals surface area contributed by atoms with E-state index in [1.54, 1.807) is 11.3 Å². The van der Waals surface area contributed by atoms with Crippen molar-refractivity contribution in [2.45, 2.75) is 38.1 Å². The highest BCUT2D eigenvalue weighted by molar-refractivity contribution is 7.14. The molecule has 2 heterocycles. The van der Waals surface area contributed by atoms with Gasteiger partial charge in [0.15, 0.2) is 0 Å². The summed E-state index contributed by atoms with van der Waals surface area (Å²) in [6.07, 6.45) is 3.26. The first-order valence-corrected chi connectivity index (χ1v) is 12.7. The van der Waals surface area contributed by atoms with Crippen LogP contribution in [0.3, 0.4) is 0 Å². The van der Waals surface area contributed by atoms with E-state index < -0.39 is 5.97 Å². The van der Waals surface area contributed by atoms with Crippen molar-refractivity contribution in [3.8, 4) is 10.6 Å². The van der Waals surface area contributed by atoms with Gasteiger partial charge in [0.25, 0.3) is 0 Å². The molecule has 0 bridgehead atoms. The Balaban J connectivity index is 1.16. The van der Waals surface area contributed by atoms with Gasteiger partial charge in [-0.1, -0.05) is 41.7 Å². The Bertz CT molecular complexity index is 1050. The van der Waals surface area contributed by atoms with Crippen molar-refractivity contribution < 1.29 is 9.90 Å². The second kappa shape index (κ2) is 10.0. The minimum absolute atomic E-state index is 0.193. The first-order valence-electron chi connectivity index (χ1n) is 11.8. The zero-order valence-corrected chi connectivity index (χ0v) is 19.6. The Morgan fingerprint density at radius 1 is 0.909 bits per heavy atom. The summed E-state index contributed by atoms with van der Waals surface area (Å²) in [4.78, 5) is 16.2. The normalized spacial score (nSPS) is 21.8. The Hall–Kier alpha value is -2.77. The molecule has 7 heteroatoms. The Morgan fingerprint density at radius 2 is 1.61 bits per heavy atom. The molecule has 2 aliphatic rings. The number of hydrogen-bond donors (Lipinski definition) is 1. The topological polar surface area (TPSA) is 69.6 Å². The van der Waals surface area contributed by atoms with E-state index in [0.717, 1.165) is 74.0 Å². The summed E-state index contributed by atoms with van der Waals surface area (Å²) in [6, 6.07) is 19.4. The third kappa shape index (κ3) is 5.25. The van der Waals surface area contributed by atoms with Gasteiger partial charge in [-0.3, -0.25) is 9.69 Å². The van der Waals surface area contributed by atoms with Crippen molar-refractivity contribution in [2.24, 2.45) is 5.92 Å². The maximum atomic E-state index is 11.2. The molecule has 1 aliphatic carbocycles. The predicted molar refractivity (Wildman–Crippen MR) is 132 cm³/mol. The van der Waals surface area contributed by atoms with Crippen LogP contribution in [-0.4, -0.2) is 52.4 Å². The Kier molecular flexibility index (Phi) is 6.69. The van der Waals surface area contributed by atoms with Gasteiger partial charge in [0.1, 0.15) is 10.0 Å². The molecule has 172 valence electrons. The van der Waals surface area contributed by atoms with Gasteiger partial charge in [-0.25, -0.2) is 0 Å². The number of carbonyl (C=O) groups is 1. The van der Waals surface area contributed by atoms with Crippen LogP contribution < -0.4 is 4.90 Å². The number of aromatic nitrogens is 2. The number of benzene rings is 2. The summed E-state index contributed by atoms with van der Waals surface area (Å²) >= 11 is 1.65. The molecule has 0 atom stereocenters. The summed E-state index contributed by atoms with van der Waals surface area (Å²) in [6.45, 7) is 5.23. The van der Waals surface area contributed by atoms with Crippen molar-refractivity contribution in [3.63, 3.8) is 0 Å². The first kappa shape index (κ1) is 22.0. The van der Waals surface area contributed by atoms with E-state index in [9.17, 15) is 9.90 Å². The number of anilines is 1. The predicted octanol–water partition coefficient (Wildman–Crippen LogP) is 4.89. The lowest BCUT2D eigenvalue weighted by Crippen LogP contribution is -2.45. The van der Waals surface area contributed by atoms with Crippen LogP contribution in [-0.2, 0) is 11.3 Å². The molecule has 1 aliphatic heterocycles. The highest BCUT2D eigenvalue weighted by Gasteiger charge is 2.28. The molecule has 2 aromatic carbocycles. The largest absolute Gasteiger partial charge is 0.481 e. The summed E-state index contributed by atoms with van der Waals surface area (Å²) < 4.78 is 0. The van der Waals surface area contributed by atoms with Crippen LogP contribution in [0, 0.1) is 5.92 Å². The third-order valence-corrected chi connectivity index (χ3v) is 8.10. The van der Waals surface area contributed by atoms with Crippen LogP contribution in [0.5, 0.6) is 0 Å². The van der Waals surface area contributed by atoms with E-state index in [1.165, 1.54) is 11.3 Å². The van der Waals surface area contributed by atoms with Gasteiger partial charge in [-0.05, 0) is 55.5 Å². The van der Waals surface area contributed by atoms with Crippen LogP contribution in [0.15, 0.2) is 54.6 Å². The van der Waals surface area contributed by atoms with Crippen molar-refractivity contribution in [2.75, 3.05) is 31.1 Å².